The van der Waals surface area contributed by atoms with Crippen molar-refractivity contribution < 1.29 is 4.39 Å². The standard InChI is InChI=1S/C26H21F/c1-18-5-7-22(8-6-18)9-10-23-11-12-24(26(27)17-23)13-14-25-16-20(3)19(2)15-21(25)4/h5-8,11-12,15-17H,1-4H3. The van der Waals surface area contributed by atoms with Crippen LogP contribution in [0.5, 0.6) is 0 Å². The predicted octanol–water partition coefficient (Wildman–Crippen LogP) is 5.86. The summed E-state index contributed by atoms with van der Waals surface area (Å²) in [5.74, 6) is 11.8. The molecule has 0 nitrogen and oxygen atoms in total. The maximum atomic E-state index is 14.4. The second-order valence-electron chi connectivity index (χ2n) is 6.81. The van der Waals surface area contributed by atoms with Crippen LogP contribution in [0.2, 0.25) is 0 Å². The average molecular weight is 352 g/mol. The summed E-state index contributed by atoms with van der Waals surface area (Å²) in [7, 11) is 0. The minimum Gasteiger partial charge on any atom is -0.206 e. The normalized spacial score (nSPS) is 9.81. The highest BCUT2D eigenvalue weighted by Crippen LogP contribution is 2.15. The first-order valence-electron chi connectivity index (χ1n) is 8.90. The third kappa shape index (κ3) is 4.66. The monoisotopic (exact) mass is 352 g/mol. The van der Waals surface area contributed by atoms with Crippen molar-refractivity contribution >= 4 is 0 Å². The molecule has 132 valence electrons. The van der Waals surface area contributed by atoms with Crippen LogP contribution in [-0.2, 0) is 0 Å². The third-order valence-electron chi connectivity index (χ3n) is 4.54. The molecule has 3 aromatic rings. The van der Waals surface area contributed by atoms with E-state index >= 15 is 0 Å². The van der Waals surface area contributed by atoms with Gasteiger partial charge in [0.15, 0.2) is 0 Å². The van der Waals surface area contributed by atoms with Crippen LogP contribution < -0.4 is 0 Å². The number of hydrogen-bond acceptors (Lipinski definition) is 0. The van der Waals surface area contributed by atoms with Crippen LogP contribution in [0.25, 0.3) is 0 Å². The van der Waals surface area contributed by atoms with Crippen molar-refractivity contribution in [1.29, 1.82) is 0 Å². The van der Waals surface area contributed by atoms with E-state index in [2.05, 4.69) is 49.7 Å². The second-order valence-corrected chi connectivity index (χ2v) is 6.81. The number of halogens is 1. The minimum atomic E-state index is -0.348. The molecule has 0 aliphatic heterocycles. The predicted molar refractivity (Wildman–Crippen MR) is 110 cm³/mol. The first kappa shape index (κ1) is 18.5. The summed E-state index contributed by atoms with van der Waals surface area (Å²) in [5, 5.41) is 0. The molecule has 0 unspecified atom stereocenters. The fraction of sp³-hybridized carbons (Fsp3) is 0.154. The highest BCUT2D eigenvalue weighted by molar-refractivity contribution is 5.51. The van der Waals surface area contributed by atoms with Gasteiger partial charge in [-0.1, -0.05) is 47.4 Å². The Hall–Kier alpha value is -3.29. The third-order valence-corrected chi connectivity index (χ3v) is 4.54. The SMILES string of the molecule is Cc1ccc(C#Cc2ccc(C#Cc3cc(C)c(C)cc3C)c(F)c2)cc1. The van der Waals surface area contributed by atoms with Crippen LogP contribution in [0.3, 0.4) is 0 Å². The molecule has 0 aliphatic carbocycles. The van der Waals surface area contributed by atoms with E-state index < -0.39 is 0 Å². The molecule has 0 bridgehead atoms. The Balaban J connectivity index is 1.85. The van der Waals surface area contributed by atoms with Crippen molar-refractivity contribution in [3.8, 4) is 23.7 Å². The molecule has 0 amide bonds. The fourth-order valence-corrected chi connectivity index (χ4v) is 2.71. The van der Waals surface area contributed by atoms with Crippen LogP contribution in [-0.4, -0.2) is 0 Å². The maximum absolute atomic E-state index is 14.4. The summed E-state index contributed by atoms with van der Waals surface area (Å²) < 4.78 is 14.4. The van der Waals surface area contributed by atoms with Crippen LogP contribution in [0.1, 0.15) is 44.5 Å². The van der Waals surface area contributed by atoms with Gasteiger partial charge >= 0.3 is 0 Å². The zero-order valence-corrected chi connectivity index (χ0v) is 16.1. The minimum absolute atomic E-state index is 0.348. The van der Waals surface area contributed by atoms with Crippen molar-refractivity contribution in [2.75, 3.05) is 0 Å². The first-order valence-corrected chi connectivity index (χ1v) is 8.90. The largest absolute Gasteiger partial charge is 0.206 e. The van der Waals surface area contributed by atoms with Crippen LogP contribution in [0.15, 0.2) is 54.6 Å². The Labute approximate surface area is 161 Å². The van der Waals surface area contributed by atoms with Gasteiger partial charge in [-0.15, -0.1) is 0 Å². The van der Waals surface area contributed by atoms with Gasteiger partial charge in [-0.2, -0.15) is 0 Å². The Bertz CT molecular complexity index is 1110. The van der Waals surface area contributed by atoms with Gasteiger partial charge in [-0.25, -0.2) is 4.39 Å². The summed E-state index contributed by atoms with van der Waals surface area (Å²) in [4.78, 5) is 0. The molecule has 0 radical (unpaired) electrons. The summed E-state index contributed by atoms with van der Waals surface area (Å²) in [5.41, 5.74) is 7.58. The van der Waals surface area contributed by atoms with Crippen LogP contribution >= 0.6 is 0 Å². The van der Waals surface area contributed by atoms with Crippen molar-refractivity contribution in [2.24, 2.45) is 0 Å². The Morgan fingerprint density at radius 3 is 1.85 bits per heavy atom. The molecule has 3 aromatic carbocycles. The molecule has 0 saturated heterocycles. The lowest BCUT2D eigenvalue weighted by molar-refractivity contribution is 0.624. The van der Waals surface area contributed by atoms with Gasteiger partial charge in [0.1, 0.15) is 5.82 Å². The molecule has 0 atom stereocenters. The summed E-state index contributed by atoms with van der Waals surface area (Å²) in [6, 6.07) is 17.1. The van der Waals surface area contributed by atoms with E-state index in [9.17, 15) is 4.39 Å². The lowest BCUT2D eigenvalue weighted by Crippen LogP contribution is -1.89. The lowest BCUT2D eigenvalue weighted by atomic mass is 10.0. The van der Waals surface area contributed by atoms with Crippen molar-refractivity contribution in [1.82, 2.24) is 0 Å². The van der Waals surface area contributed by atoms with Crippen LogP contribution in [0, 0.1) is 57.2 Å². The van der Waals surface area contributed by atoms with Gasteiger partial charge in [-0.05, 0) is 80.8 Å². The number of rotatable bonds is 0. The Morgan fingerprint density at radius 1 is 0.556 bits per heavy atom. The molecule has 0 saturated carbocycles. The average Bonchev–Trinajstić information content (AvgIpc) is 2.64. The van der Waals surface area contributed by atoms with E-state index in [-0.39, 0.29) is 5.82 Å². The number of benzene rings is 3. The van der Waals surface area contributed by atoms with E-state index in [1.807, 2.05) is 44.2 Å². The molecule has 0 aromatic heterocycles. The second kappa shape index (κ2) is 7.94. The molecule has 0 heterocycles. The topological polar surface area (TPSA) is 0 Å². The summed E-state index contributed by atoms with van der Waals surface area (Å²) in [6.45, 7) is 8.19. The van der Waals surface area contributed by atoms with Gasteiger partial charge in [-0.3, -0.25) is 0 Å². The van der Waals surface area contributed by atoms with Gasteiger partial charge in [0.05, 0.1) is 5.56 Å². The quantitative estimate of drug-likeness (QED) is 0.445. The van der Waals surface area contributed by atoms with Gasteiger partial charge in [0.2, 0.25) is 0 Å². The number of hydrogen-bond donors (Lipinski definition) is 0. The molecule has 27 heavy (non-hydrogen) atoms. The summed E-state index contributed by atoms with van der Waals surface area (Å²) in [6.07, 6.45) is 0. The van der Waals surface area contributed by atoms with E-state index in [0.717, 1.165) is 16.7 Å². The number of aryl methyl sites for hydroxylation is 4. The van der Waals surface area contributed by atoms with Crippen LogP contribution in [0.4, 0.5) is 4.39 Å². The Kier molecular flexibility index (Phi) is 5.44. The van der Waals surface area contributed by atoms with Crippen molar-refractivity contribution in [2.45, 2.75) is 27.7 Å². The van der Waals surface area contributed by atoms with Crippen molar-refractivity contribution in [3.05, 3.63) is 105 Å². The zero-order chi connectivity index (χ0) is 19.4. The highest BCUT2D eigenvalue weighted by Gasteiger charge is 2.02. The molecular formula is C26H21F. The molecule has 0 spiro atoms. The zero-order valence-electron chi connectivity index (χ0n) is 16.1. The van der Waals surface area contributed by atoms with E-state index in [1.54, 1.807) is 6.07 Å². The van der Waals surface area contributed by atoms with E-state index in [4.69, 9.17) is 0 Å². The molecule has 1 heteroatoms. The molecule has 0 aliphatic rings. The van der Waals surface area contributed by atoms with E-state index in [1.165, 1.54) is 22.8 Å². The van der Waals surface area contributed by atoms with E-state index in [0.29, 0.717) is 11.1 Å². The molecule has 3 rings (SSSR count). The lowest BCUT2D eigenvalue weighted by Gasteiger charge is -2.04. The molecule has 0 fully saturated rings. The smallest absolute Gasteiger partial charge is 0.140 e. The maximum Gasteiger partial charge on any atom is 0.140 e. The summed E-state index contributed by atoms with van der Waals surface area (Å²) >= 11 is 0. The van der Waals surface area contributed by atoms with Crippen molar-refractivity contribution in [3.63, 3.8) is 0 Å². The first-order chi connectivity index (χ1) is 12.9. The molecular weight excluding hydrogens is 331 g/mol. The highest BCUT2D eigenvalue weighted by atomic mass is 19.1. The fourth-order valence-electron chi connectivity index (χ4n) is 2.71. The van der Waals surface area contributed by atoms with Gasteiger partial charge in [0.25, 0.3) is 0 Å². The molecule has 0 N–H and O–H groups in total. The Morgan fingerprint density at radius 2 is 1.15 bits per heavy atom. The van der Waals surface area contributed by atoms with Gasteiger partial charge in [0, 0.05) is 16.7 Å². The van der Waals surface area contributed by atoms with Gasteiger partial charge < -0.3 is 0 Å².